The molecule has 0 aliphatic rings. The van der Waals surface area contributed by atoms with Crippen LogP contribution in [0.3, 0.4) is 0 Å². The van der Waals surface area contributed by atoms with E-state index in [2.05, 4.69) is 24.7 Å². The highest BCUT2D eigenvalue weighted by Gasteiger charge is 2.08. The maximum Gasteiger partial charge on any atom is 0.404 e. The number of carbonyl (C=O) groups excluding carboxylic acids is 2. The van der Waals surface area contributed by atoms with E-state index in [1.54, 1.807) is 12.4 Å². The van der Waals surface area contributed by atoms with E-state index in [1.807, 2.05) is 47.8 Å². The number of pyridine rings is 1. The summed E-state index contributed by atoms with van der Waals surface area (Å²) in [5.74, 6) is 0.00763. The van der Waals surface area contributed by atoms with Crippen molar-refractivity contribution in [3.05, 3.63) is 65.8 Å². The van der Waals surface area contributed by atoms with Crippen LogP contribution in [0.25, 0.3) is 11.3 Å². The van der Waals surface area contributed by atoms with Gasteiger partial charge in [-0.05, 0) is 30.5 Å². The maximum atomic E-state index is 11.9. The summed E-state index contributed by atoms with van der Waals surface area (Å²) in [6, 6.07) is 13.2. The Hall–Kier alpha value is -2.99. The number of anilines is 1. The number of primary amides is 1. The smallest absolute Gasteiger partial charge is 0.404 e. The third-order valence-electron chi connectivity index (χ3n) is 4.20. The molecule has 176 valence electrons. The predicted molar refractivity (Wildman–Crippen MR) is 133 cm³/mol. The molecule has 3 aromatic rings. The predicted octanol–water partition coefficient (Wildman–Crippen LogP) is 4.10. The second kappa shape index (κ2) is 15.8. The molecule has 0 bridgehead atoms. The van der Waals surface area contributed by atoms with Crippen molar-refractivity contribution in [3.8, 4) is 11.3 Å². The zero-order valence-electron chi connectivity index (χ0n) is 18.1. The molecule has 9 nitrogen and oxygen atoms in total. The summed E-state index contributed by atoms with van der Waals surface area (Å²) in [6.45, 7) is 1.11. The van der Waals surface area contributed by atoms with Crippen molar-refractivity contribution in [2.24, 2.45) is 10.9 Å². The van der Waals surface area contributed by atoms with Gasteiger partial charge < -0.3 is 15.8 Å². The number of hydrogen-bond acceptors (Lipinski definition) is 9. The van der Waals surface area contributed by atoms with Crippen LogP contribution in [0.15, 0.2) is 60.2 Å². The first-order valence-corrected chi connectivity index (χ1v) is 12.0. The molecule has 0 radical (unpaired) electrons. The molecule has 0 atom stereocenters. The van der Waals surface area contributed by atoms with E-state index in [0.29, 0.717) is 11.6 Å². The monoisotopic (exact) mass is 488 g/mol. The molecule has 3 rings (SSSR count). The first-order valence-electron chi connectivity index (χ1n) is 10.3. The van der Waals surface area contributed by atoms with Gasteiger partial charge in [0, 0.05) is 48.4 Å². The number of nitrogens with zero attached hydrogens (tertiary/aromatic N) is 2. The lowest BCUT2D eigenvalue weighted by Gasteiger charge is -2.02. The summed E-state index contributed by atoms with van der Waals surface area (Å²) in [7, 11) is 0. The highest BCUT2D eigenvalue weighted by atomic mass is 32.2. The Bertz CT molecular complexity index is 957. The molecule has 2 aromatic heterocycles. The van der Waals surface area contributed by atoms with E-state index in [4.69, 9.17) is 10.9 Å². The lowest BCUT2D eigenvalue weighted by Crippen LogP contribution is -2.12. The first-order chi connectivity index (χ1) is 16.1. The lowest BCUT2D eigenvalue weighted by molar-refractivity contribution is -0.116. The van der Waals surface area contributed by atoms with Crippen LogP contribution in [0.2, 0.25) is 0 Å². The van der Waals surface area contributed by atoms with Gasteiger partial charge in [-0.25, -0.2) is 9.78 Å². The molecule has 0 aliphatic carbocycles. The number of nitrogens with two attached hydrogens (primary N) is 2. The fourth-order valence-electron chi connectivity index (χ4n) is 2.61. The van der Waals surface area contributed by atoms with Gasteiger partial charge in [-0.3, -0.25) is 19.6 Å². The minimum atomic E-state index is -0.742. The van der Waals surface area contributed by atoms with Crippen molar-refractivity contribution in [2.75, 3.05) is 11.9 Å². The Morgan fingerprint density at radius 2 is 1.91 bits per heavy atom. The number of aromatic nitrogens is 2. The quantitative estimate of drug-likeness (QED) is 0.233. The van der Waals surface area contributed by atoms with E-state index in [1.165, 1.54) is 11.3 Å². The number of thiazole rings is 1. The highest BCUT2D eigenvalue weighted by Crippen LogP contribution is 2.24. The van der Waals surface area contributed by atoms with Crippen molar-refractivity contribution in [2.45, 2.75) is 32.3 Å². The molecular formula is C22H28N6O3S2. The Labute approximate surface area is 201 Å². The van der Waals surface area contributed by atoms with Crippen molar-refractivity contribution < 1.29 is 14.3 Å². The number of benzene rings is 1. The number of unbranched alkanes of at least 4 members (excludes halogenated alkanes) is 2. The van der Waals surface area contributed by atoms with Gasteiger partial charge in [-0.1, -0.05) is 36.8 Å². The molecule has 2 heterocycles. The molecule has 0 aliphatic heterocycles. The van der Waals surface area contributed by atoms with Crippen molar-refractivity contribution >= 4 is 40.6 Å². The van der Waals surface area contributed by atoms with E-state index in [0.717, 1.165) is 54.8 Å². The van der Waals surface area contributed by atoms with Gasteiger partial charge in [0.15, 0.2) is 5.13 Å². The standard InChI is InChI=1S/C14H19N5OS2.C8H9NO2/c15-22-17-8-3-1-2-6-13(20)19-14-18-12(10-21-14)11-5-4-7-16-9-11;9-8(10)11-6-7-4-2-1-3-5-7/h4-5,7,9-10,17H,1-3,6,8,15H2,(H,18,19,20);1-5H,6H2,(H2,9,10). The average molecular weight is 489 g/mol. The van der Waals surface area contributed by atoms with Crippen LogP contribution in [0.4, 0.5) is 9.93 Å². The molecule has 0 saturated carbocycles. The van der Waals surface area contributed by atoms with Crippen LogP contribution < -0.4 is 20.9 Å². The van der Waals surface area contributed by atoms with Crippen LogP contribution in [0.5, 0.6) is 0 Å². The van der Waals surface area contributed by atoms with Crippen LogP contribution in [-0.2, 0) is 16.1 Å². The van der Waals surface area contributed by atoms with Crippen molar-refractivity contribution in [1.82, 2.24) is 14.7 Å². The van der Waals surface area contributed by atoms with Gasteiger partial charge in [0.05, 0.1) is 5.69 Å². The Kier molecular flexibility index (Phi) is 12.5. The fraction of sp³-hybridized carbons (Fsp3) is 0.273. The minimum absolute atomic E-state index is 0.00763. The zero-order chi connectivity index (χ0) is 23.7. The summed E-state index contributed by atoms with van der Waals surface area (Å²) in [4.78, 5) is 30.5. The molecule has 0 spiro atoms. The molecule has 0 unspecified atom stereocenters. The summed E-state index contributed by atoms with van der Waals surface area (Å²) < 4.78 is 7.54. The highest BCUT2D eigenvalue weighted by molar-refractivity contribution is 7.95. The molecule has 0 fully saturated rings. The van der Waals surface area contributed by atoms with E-state index < -0.39 is 6.09 Å². The molecule has 6 N–H and O–H groups in total. The molecule has 2 amide bonds. The van der Waals surface area contributed by atoms with E-state index in [9.17, 15) is 9.59 Å². The van der Waals surface area contributed by atoms with E-state index >= 15 is 0 Å². The number of rotatable bonds is 11. The van der Waals surface area contributed by atoms with Gasteiger partial charge >= 0.3 is 6.09 Å². The van der Waals surface area contributed by atoms with Crippen molar-refractivity contribution in [3.63, 3.8) is 0 Å². The van der Waals surface area contributed by atoms with Gasteiger partial charge in [-0.15, -0.1) is 11.3 Å². The maximum absolute atomic E-state index is 11.9. The van der Waals surface area contributed by atoms with Gasteiger partial charge in [-0.2, -0.15) is 0 Å². The van der Waals surface area contributed by atoms with Crippen LogP contribution in [-0.4, -0.2) is 28.5 Å². The van der Waals surface area contributed by atoms with E-state index in [-0.39, 0.29) is 12.5 Å². The zero-order valence-corrected chi connectivity index (χ0v) is 19.7. The average Bonchev–Trinajstić information content (AvgIpc) is 3.30. The minimum Gasteiger partial charge on any atom is -0.445 e. The number of amides is 2. The molecule has 33 heavy (non-hydrogen) atoms. The van der Waals surface area contributed by atoms with Crippen LogP contribution in [0.1, 0.15) is 31.2 Å². The molecule has 0 saturated heterocycles. The number of nitrogens with one attached hydrogen (secondary N) is 2. The van der Waals surface area contributed by atoms with Gasteiger partial charge in [0.1, 0.15) is 6.61 Å². The largest absolute Gasteiger partial charge is 0.445 e. The first kappa shape index (κ1) is 26.3. The Morgan fingerprint density at radius 1 is 1.09 bits per heavy atom. The molecule has 11 heteroatoms. The number of hydrogen-bond donors (Lipinski definition) is 4. The topological polar surface area (TPSA) is 145 Å². The van der Waals surface area contributed by atoms with Gasteiger partial charge in [0.2, 0.25) is 5.91 Å². The molecular weight excluding hydrogens is 460 g/mol. The van der Waals surface area contributed by atoms with Crippen molar-refractivity contribution in [1.29, 1.82) is 0 Å². The van der Waals surface area contributed by atoms with Crippen LogP contribution in [0, 0.1) is 0 Å². The third-order valence-corrected chi connectivity index (χ3v) is 5.33. The Morgan fingerprint density at radius 3 is 2.61 bits per heavy atom. The number of ether oxygens (including phenoxy) is 1. The lowest BCUT2D eigenvalue weighted by atomic mass is 10.2. The number of carbonyl (C=O) groups is 2. The Balaban J connectivity index is 0.000000294. The normalized spacial score (nSPS) is 10.1. The summed E-state index contributed by atoms with van der Waals surface area (Å²) >= 11 is 2.55. The summed E-state index contributed by atoms with van der Waals surface area (Å²) in [6.07, 6.45) is 6.13. The SMILES string of the molecule is NC(=O)OCc1ccccc1.NSNCCCCCC(=O)Nc1nc(-c2cccnc2)cs1. The summed E-state index contributed by atoms with van der Waals surface area (Å²) in [5.41, 5.74) is 7.50. The summed E-state index contributed by atoms with van der Waals surface area (Å²) in [5, 5.41) is 10.6. The van der Waals surface area contributed by atoms with Crippen LogP contribution >= 0.6 is 23.5 Å². The second-order valence-electron chi connectivity index (χ2n) is 6.74. The van der Waals surface area contributed by atoms with Gasteiger partial charge in [0.25, 0.3) is 0 Å². The second-order valence-corrected chi connectivity index (χ2v) is 8.13. The molecule has 1 aromatic carbocycles. The fourth-order valence-corrected chi connectivity index (χ4v) is 3.60. The third kappa shape index (κ3) is 11.4.